The molecule has 0 atom stereocenters. The topological polar surface area (TPSA) is 58.2 Å². The Hall–Kier alpha value is -1.55. The van der Waals surface area contributed by atoms with E-state index in [2.05, 4.69) is 10.6 Å². The Labute approximate surface area is 124 Å². The van der Waals surface area contributed by atoms with Crippen LogP contribution in [0, 0.1) is 0 Å². The lowest BCUT2D eigenvalue weighted by Gasteiger charge is -2.11. The quantitative estimate of drug-likeness (QED) is 0.572. The number of para-hydroxylation sites is 1. The molecular formula is C15H21ClN2O2. The van der Waals surface area contributed by atoms with Crippen LogP contribution in [-0.4, -0.2) is 24.2 Å². The van der Waals surface area contributed by atoms with Crippen molar-refractivity contribution in [1.82, 2.24) is 5.32 Å². The number of rotatable bonds is 8. The van der Waals surface area contributed by atoms with Gasteiger partial charge in [-0.1, -0.05) is 19.1 Å². The molecule has 0 aliphatic carbocycles. The summed E-state index contributed by atoms with van der Waals surface area (Å²) >= 11 is 5.58. The van der Waals surface area contributed by atoms with Crippen molar-refractivity contribution in [2.75, 3.05) is 17.7 Å². The molecule has 5 heteroatoms. The number of halogens is 1. The van der Waals surface area contributed by atoms with Gasteiger partial charge in [0, 0.05) is 18.8 Å². The molecule has 1 rings (SSSR count). The Kier molecular flexibility index (Phi) is 7.73. The molecule has 0 fully saturated rings. The van der Waals surface area contributed by atoms with Crippen molar-refractivity contribution < 1.29 is 9.59 Å². The van der Waals surface area contributed by atoms with Crippen molar-refractivity contribution in [3.63, 3.8) is 0 Å². The van der Waals surface area contributed by atoms with Gasteiger partial charge in [0.1, 0.15) is 0 Å². The lowest BCUT2D eigenvalue weighted by Crippen LogP contribution is -2.25. The number of alkyl halides is 1. The molecule has 0 spiro atoms. The Bertz CT molecular complexity index is 449. The highest BCUT2D eigenvalue weighted by atomic mass is 35.5. The van der Waals surface area contributed by atoms with Crippen LogP contribution in [0.3, 0.4) is 0 Å². The maximum atomic E-state index is 12.0. The Balaban J connectivity index is 2.65. The number of nitrogens with one attached hydrogen (secondary N) is 2. The molecular weight excluding hydrogens is 276 g/mol. The van der Waals surface area contributed by atoms with Gasteiger partial charge in [0.2, 0.25) is 5.91 Å². The van der Waals surface area contributed by atoms with Gasteiger partial charge >= 0.3 is 0 Å². The van der Waals surface area contributed by atoms with E-state index in [1.54, 1.807) is 24.3 Å². The maximum absolute atomic E-state index is 12.0. The van der Waals surface area contributed by atoms with Gasteiger partial charge in [-0.25, -0.2) is 0 Å². The maximum Gasteiger partial charge on any atom is 0.253 e. The highest BCUT2D eigenvalue weighted by Crippen LogP contribution is 2.15. The van der Waals surface area contributed by atoms with Crippen LogP contribution in [-0.2, 0) is 4.79 Å². The molecule has 0 radical (unpaired) electrons. The Morgan fingerprint density at radius 3 is 2.65 bits per heavy atom. The standard InChI is InChI=1S/C15H21ClN2O2/c1-2-11-17-15(20)12-7-3-4-8-13(12)18-14(19)9-5-6-10-16/h3-4,7-8H,2,5-6,9-11H2,1H3,(H,17,20)(H,18,19). The molecule has 2 amide bonds. The third kappa shape index (κ3) is 5.61. The van der Waals surface area contributed by atoms with E-state index in [0.717, 1.165) is 19.3 Å². The van der Waals surface area contributed by atoms with Crippen LogP contribution in [0.25, 0.3) is 0 Å². The summed E-state index contributed by atoms with van der Waals surface area (Å²) in [6.07, 6.45) is 2.85. The summed E-state index contributed by atoms with van der Waals surface area (Å²) in [6.45, 7) is 2.61. The van der Waals surface area contributed by atoms with E-state index >= 15 is 0 Å². The van der Waals surface area contributed by atoms with E-state index in [1.807, 2.05) is 6.92 Å². The third-order valence-corrected chi connectivity index (χ3v) is 3.04. The minimum atomic E-state index is -0.163. The predicted molar refractivity (Wildman–Crippen MR) is 82.3 cm³/mol. The fraction of sp³-hybridized carbons (Fsp3) is 0.467. The summed E-state index contributed by atoms with van der Waals surface area (Å²) in [5.74, 6) is 0.304. The summed E-state index contributed by atoms with van der Waals surface area (Å²) in [5, 5.41) is 5.59. The molecule has 0 bridgehead atoms. The summed E-state index contributed by atoms with van der Waals surface area (Å²) < 4.78 is 0. The van der Waals surface area contributed by atoms with Crippen LogP contribution in [0.1, 0.15) is 43.0 Å². The summed E-state index contributed by atoms with van der Waals surface area (Å²) in [4.78, 5) is 23.8. The van der Waals surface area contributed by atoms with Crippen LogP contribution in [0.5, 0.6) is 0 Å². The molecule has 20 heavy (non-hydrogen) atoms. The zero-order chi connectivity index (χ0) is 14.8. The highest BCUT2D eigenvalue weighted by molar-refractivity contribution is 6.17. The molecule has 0 aliphatic rings. The molecule has 1 aromatic carbocycles. The summed E-state index contributed by atoms with van der Waals surface area (Å²) in [5.41, 5.74) is 1.05. The van der Waals surface area contributed by atoms with Gasteiger partial charge in [-0.05, 0) is 31.4 Å². The minimum Gasteiger partial charge on any atom is -0.352 e. The minimum absolute atomic E-state index is 0.0918. The van der Waals surface area contributed by atoms with Gasteiger partial charge < -0.3 is 10.6 Å². The van der Waals surface area contributed by atoms with E-state index in [4.69, 9.17) is 11.6 Å². The molecule has 0 unspecified atom stereocenters. The van der Waals surface area contributed by atoms with E-state index in [0.29, 0.717) is 30.1 Å². The van der Waals surface area contributed by atoms with E-state index in [-0.39, 0.29) is 11.8 Å². The average molecular weight is 297 g/mol. The predicted octanol–water partition coefficient (Wildman–Crippen LogP) is 3.17. The van der Waals surface area contributed by atoms with Crippen molar-refractivity contribution in [3.05, 3.63) is 29.8 Å². The molecule has 0 heterocycles. The molecule has 0 saturated heterocycles. The zero-order valence-corrected chi connectivity index (χ0v) is 12.5. The lowest BCUT2D eigenvalue weighted by molar-refractivity contribution is -0.116. The second-order valence-electron chi connectivity index (χ2n) is 4.50. The van der Waals surface area contributed by atoms with Crippen LogP contribution in [0.4, 0.5) is 5.69 Å². The van der Waals surface area contributed by atoms with Crippen molar-refractivity contribution in [3.8, 4) is 0 Å². The van der Waals surface area contributed by atoms with Crippen molar-refractivity contribution in [2.24, 2.45) is 0 Å². The number of unbranched alkanes of at least 4 members (excludes halogenated alkanes) is 1. The van der Waals surface area contributed by atoms with Crippen molar-refractivity contribution in [2.45, 2.75) is 32.6 Å². The number of benzene rings is 1. The van der Waals surface area contributed by atoms with Crippen LogP contribution in [0.2, 0.25) is 0 Å². The number of carbonyl (C=O) groups is 2. The van der Waals surface area contributed by atoms with Gasteiger partial charge in [0.05, 0.1) is 11.3 Å². The fourth-order valence-corrected chi connectivity index (χ4v) is 1.91. The smallest absolute Gasteiger partial charge is 0.253 e. The molecule has 110 valence electrons. The number of amides is 2. The Morgan fingerprint density at radius 1 is 1.20 bits per heavy atom. The normalized spacial score (nSPS) is 10.1. The number of hydrogen-bond donors (Lipinski definition) is 2. The van der Waals surface area contributed by atoms with Gasteiger partial charge in [-0.15, -0.1) is 11.6 Å². The third-order valence-electron chi connectivity index (χ3n) is 2.77. The summed E-state index contributed by atoms with van der Waals surface area (Å²) in [6, 6.07) is 7.02. The fourth-order valence-electron chi connectivity index (χ4n) is 1.72. The molecule has 0 aliphatic heterocycles. The van der Waals surface area contributed by atoms with Crippen LogP contribution < -0.4 is 10.6 Å². The van der Waals surface area contributed by atoms with Crippen LogP contribution in [0.15, 0.2) is 24.3 Å². The van der Waals surface area contributed by atoms with Crippen LogP contribution >= 0.6 is 11.6 Å². The largest absolute Gasteiger partial charge is 0.352 e. The molecule has 0 aromatic heterocycles. The second kappa shape index (κ2) is 9.37. The van der Waals surface area contributed by atoms with Gasteiger partial charge in [-0.3, -0.25) is 9.59 Å². The van der Waals surface area contributed by atoms with Crippen molar-refractivity contribution in [1.29, 1.82) is 0 Å². The van der Waals surface area contributed by atoms with Crippen molar-refractivity contribution >= 4 is 29.1 Å². The number of hydrogen-bond acceptors (Lipinski definition) is 2. The highest BCUT2D eigenvalue weighted by Gasteiger charge is 2.12. The lowest BCUT2D eigenvalue weighted by atomic mass is 10.1. The SMILES string of the molecule is CCCNC(=O)c1ccccc1NC(=O)CCCCCl. The first kappa shape index (κ1) is 16.5. The number of carbonyl (C=O) groups excluding carboxylic acids is 2. The zero-order valence-electron chi connectivity index (χ0n) is 11.7. The average Bonchev–Trinajstić information content (AvgIpc) is 2.45. The summed E-state index contributed by atoms with van der Waals surface area (Å²) in [7, 11) is 0. The van der Waals surface area contributed by atoms with E-state index in [1.165, 1.54) is 0 Å². The monoisotopic (exact) mass is 296 g/mol. The molecule has 0 saturated carbocycles. The van der Waals surface area contributed by atoms with E-state index in [9.17, 15) is 9.59 Å². The molecule has 1 aromatic rings. The van der Waals surface area contributed by atoms with Gasteiger partial charge in [0.15, 0.2) is 0 Å². The van der Waals surface area contributed by atoms with Gasteiger partial charge in [-0.2, -0.15) is 0 Å². The first-order chi connectivity index (χ1) is 9.69. The number of anilines is 1. The molecule has 4 nitrogen and oxygen atoms in total. The Morgan fingerprint density at radius 2 is 1.95 bits per heavy atom. The van der Waals surface area contributed by atoms with E-state index < -0.39 is 0 Å². The first-order valence-corrected chi connectivity index (χ1v) is 7.45. The molecule has 2 N–H and O–H groups in total. The second-order valence-corrected chi connectivity index (χ2v) is 4.87. The van der Waals surface area contributed by atoms with Gasteiger partial charge in [0.25, 0.3) is 5.91 Å². The first-order valence-electron chi connectivity index (χ1n) is 6.92.